The molecule has 1 aromatic carbocycles. The molecule has 3 nitrogen and oxygen atoms in total. The van der Waals surface area contributed by atoms with Crippen molar-refractivity contribution in [2.24, 2.45) is 5.92 Å². The normalized spacial score (nSPS) is 23.7. The minimum atomic E-state index is -0.0386. The number of aryl methyl sites for hydroxylation is 1. The highest BCUT2D eigenvalue weighted by Gasteiger charge is 2.25. The van der Waals surface area contributed by atoms with Gasteiger partial charge in [-0.2, -0.15) is 0 Å². The smallest absolute Gasteiger partial charge is 0.241 e. The molecule has 3 heteroatoms. The molecule has 0 spiro atoms. The average molecular weight is 246 g/mol. The van der Waals surface area contributed by atoms with Crippen LogP contribution in [-0.4, -0.2) is 18.5 Å². The third-order valence-corrected chi connectivity index (χ3v) is 3.81. The first-order valence-corrected chi connectivity index (χ1v) is 6.80. The van der Waals surface area contributed by atoms with Crippen LogP contribution < -0.4 is 10.6 Å². The summed E-state index contributed by atoms with van der Waals surface area (Å²) in [6.45, 7) is 5.16. The Bertz CT molecular complexity index is 417. The molecule has 0 aliphatic carbocycles. The fourth-order valence-electron chi connectivity index (χ4n) is 2.50. The summed E-state index contributed by atoms with van der Waals surface area (Å²) >= 11 is 0. The number of nitrogens with one attached hydrogen (secondary N) is 2. The van der Waals surface area contributed by atoms with Crippen molar-refractivity contribution in [1.29, 1.82) is 0 Å². The highest BCUT2D eigenvalue weighted by atomic mass is 16.2. The van der Waals surface area contributed by atoms with Crippen molar-refractivity contribution in [2.75, 3.05) is 11.9 Å². The van der Waals surface area contributed by atoms with Gasteiger partial charge in [-0.3, -0.25) is 4.79 Å². The van der Waals surface area contributed by atoms with Gasteiger partial charge in [-0.05, 0) is 43.9 Å². The van der Waals surface area contributed by atoms with Gasteiger partial charge in [-0.25, -0.2) is 0 Å². The SMILES string of the molecule is CCC1CCNC(C(=O)Nc2ccccc2C)C1. The zero-order chi connectivity index (χ0) is 13.0. The first kappa shape index (κ1) is 13.1. The van der Waals surface area contributed by atoms with E-state index in [1.165, 1.54) is 6.42 Å². The molecule has 1 amide bonds. The molecular weight excluding hydrogens is 224 g/mol. The van der Waals surface area contributed by atoms with Crippen molar-refractivity contribution < 1.29 is 4.79 Å². The Morgan fingerprint density at radius 1 is 1.44 bits per heavy atom. The number of para-hydroxylation sites is 1. The lowest BCUT2D eigenvalue weighted by molar-refractivity contribution is -0.119. The lowest BCUT2D eigenvalue weighted by Crippen LogP contribution is -2.46. The monoisotopic (exact) mass is 246 g/mol. The molecule has 2 N–H and O–H groups in total. The summed E-state index contributed by atoms with van der Waals surface area (Å²) in [7, 11) is 0. The van der Waals surface area contributed by atoms with Crippen molar-refractivity contribution in [3.8, 4) is 0 Å². The van der Waals surface area contributed by atoms with E-state index in [1.54, 1.807) is 0 Å². The molecule has 1 saturated heterocycles. The third-order valence-electron chi connectivity index (χ3n) is 3.81. The Hall–Kier alpha value is -1.35. The van der Waals surface area contributed by atoms with Gasteiger partial charge in [0.15, 0.2) is 0 Å². The lowest BCUT2D eigenvalue weighted by atomic mass is 9.90. The first-order valence-electron chi connectivity index (χ1n) is 6.80. The minimum absolute atomic E-state index is 0.0386. The quantitative estimate of drug-likeness (QED) is 0.861. The van der Waals surface area contributed by atoms with Crippen molar-refractivity contribution in [2.45, 2.75) is 39.2 Å². The molecule has 2 rings (SSSR count). The van der Waals surface area contributed by atoms with Crippen LogP contribution in [-0.2, 0) is 4.79 Å². The fraction of sp³-hybridized carbons (Fsp3) is 0.533. The van der Waals surface area contributed by atoms with Crippen LogP contribution in [0.5, 0.6) is 0 Å². The van der Waals surface area contributed by atoms with Crippen LogP contribution >= 0.6 is 0 Å². The van der Waals surface area contributed by atoms with Gasteiger partial charge in [-0.1, -0.05) is 31.5 Å². The van der Waals surface area contributed by atoms with Gasteiger partial charge in [0.1, 0.15) is 0 Å². The molecule has 0 saturated carbocycles. The second-order valence-electron chi connectivity index (χ2n) is 5.11. The number of amides is 1. The van der Waals surface area contributed by atoms with Crippen LogP contribution in [0.15, 0.2) is 24.3 Å². The number of hydrogen-bond donors (Lipinski definition) is 2. The van der Waals surface area contributed by atoms with Gasteiger partial charge in [0, 0.05) is 5.69 Å². The van der Waals surface area contributed by atoms with E-state index in [4.69, 9.17) is 0 Å². The van der Waals surface area contributed by atoms with Crippen molar-refractivity contribution >= 4 is 11.6 Å². The molecule has 2 unspecified atom stereocenters. The summed E-state index contributed by atoms with van der Waals surface area (Å²) in [4.78, 5) is 12.2. The molecule has 0 aromatic heterocycles. The van der Waals surface area contributed by atoms with Crippen molar-refractivity contribution in [3.05, 3.63) is 29.8 Å². The number of rotatable bonds is 3. The number of carbonyl (C=O) groups excluding carboxylic acids is 1. The summed E-state index contributed by atoms with van der Waals surface area (Å²) in [5.74, 6) is 0.779. The molecule has 1 aromatic rings. The highest BCUT2D eigenvalue weighted by molar-refractivity contribution is 5.95. The van der Waals surface area contributed by atoms with Crippen LogP contribution in [0.1, 0.15) is 31.7 Å². The largest absolute Gasteiger partial charge is 0.324 e. The molecule has 1 fully saturated rings. The Morgan fingerprint density at radius 2 is 2.22 bits per heavy atom. The molecule has 0 radical (unpaired) electrons. The van der Waals surface area contributed by atoms with Crippen LogP contribution in [0.25, 0.3) is 0 Å². The van der Waals surface area contributed by atoms with E-state index in [2.05, 4.69) is 17.6 Å². The number of anilines is 1. The maximum Gasteiger partial charge on any atom is 0.241 e. The molecule has 1 aliphatic rings. The topological polar surface area (TPSA) is 41.1 Å². The van der Waals surface area contributed by atoms with E-state index in [0.717, 1.165) is 30.6 Å². The van der Waals surface area contributed by atoms with E-state index in [9.17, 15) is 4.79 Å². The molecule has 98 valence electrons. The van der Waals surface area contributed by atoms with Crippen LogP contribution in [0.2, 0.25) is 0 Å². The molecule has 0 bridgehead atoms. The maximum absolute atomic E-state index is 12.2. The standard InChI is InChI=1S/C15H22N2O/c1-3-12-8-9-16-14(10-12)15(18)17-13-7-5-4-6-11(13)2/h4-7,12,14,16H,3,8-10H2,1-2H3,(H,17,18). The minimum Gasteiger partial charge on any atom is -0.324 e. The van der Waals surface area contributed by atoms with E-state index >= 15 is 0 Å². The summed E-state index contributed by atoms with van der Waals surface area (Å²) < 4.78 is 0. The summed E-state index contributed by atoms with van der Waals surface area (Å²) in [6, 6.07) is 7.86. The summed E-state index contributed by atoms with van der Waals surface area (Å²) in [5, 5.41) is 6.33. The molecule has 1 heterocycles. The van der Waals surface area contributed by atoms with E-state index < -0.39 is 0 Å². The number of benzene rings is 1. The van der Waals surface area contributed by atoms with E-state index in [-0.39, 0.29) is 11.9 Å². The second-order valence-corrected chi connectivity index (χ2v) is 5.11. The summed E-state index contributed by atoms with van der Waals surface area (Å²) in [6.07, 6.45) is 3.30. The Labute approximate surface area is 109 Å². The van der Waals surface area contributed by atoms with Gasteiger partial charge in [-0.15, -0.1) is 0 Å². The van der Waals surface area contributed by atoms with Crippen molar-refractivity contribution in [1.82, 2.24) is 5.32 Å². The van der Waals surface area contributed by atoms with E-state index in [1.807, 2.05) is 31.2 Å². The van der Waals surface area contributed by atoms with Gasteiger partial charge in [0.05, 0.1) is 6.04 Å². The number of piperidine rings is 1. The zero-order valence-electron chi connectivity index (χ0n) is 11.2. The van der Waals surface area contributed by atoms with Gasteiger partial charge < -0.3 is 10.6 Å². The molecule has 18 heavy (non-hydrogen) atoms. The number of hydrogen-bond acceptors (Lipinski definition) is 2. The lowest BCUT2D eigenvalue weighted by Gasteiger charge is -2.29. The Balaban J connectivity index is 1.97. The van der Waals surface area contributed by atoms with Gasteiger partial charge in [0.25, 0.3) is 0 Å². The zero-order valence-corrected chi connectivity index (χ0v) is 11.2. The third kappa shape index (κ3) is 3.10. The highest BCUT2D eigenvalue weighted by Crippen LogP contribution is 2.21. The van der Waals surface area contributed by atoms with Crippen molar-refractivity contribution in [3.63, 3.8) is 0 Å². The fourth-order valence-corrected chi connectivity index (χ4v) is 2.50. The molecule has 1 aliphatic heterocycles. The first-order chi connectivity index (χ1) is 8.70. The second kappa shape index (κ2) is 6.01. The Morgan fingerprint density at radius 3 is 2.94 bits per heavy atom. The van der Waals surface area contributed by atoms with Crippen LogP contribution in [0.4, 0.5) is 5.69 Å². The maximum atomic E-state index is 12.2. The molecular formula is C15H22N2O. The predicted octanol–water partition coefficient (Wildman–Crippen LogP) is 2.71. The average Bonchev–Trinajstić information content (AvgIpc) is 2.41. The van der Waals surface area contributed by atoms with E-state index in [0.29, 0.717) is 5.92 Å². The molecule has 2 atom stereocenters. The van der Waals surface area contributed by atoms with Crippen LogP contribution in [0.3, 0.4) is 0 Å². The van der Waals surface area contributed by atoms with Crippen LogP contribution in [0, 0.1) is 12.8 Å². The summed E-state index contributed by atoms with van der Waals surface area (Å²) in [5.41, 5.74) is 2.02. The predicted molar refractivity (Wildman–Crippen MR) is 74.6 cm³/mol. The number of carbonyl (C=O) groups is 1. The van der Waals surface area contributed by atoms with Gasteiger partial charge in [0.2, 0.25) is 5.91 Å². The van der Waals surface area contributed by atoms with Gasteiger partial charge >= 0.3 is 0 Å². The Kier molecular flexibility index (Phi) is 4.37.